The molecule has 1 saturated heterocycles. The summed E-state index contributed by atoms with van der Waals surface area (Å²) in [7, 11) is 0. The molecule has 5 nitrogen and oxygen atoms in total. The Morgan fingerprint density at radius 3 is 2.81 bits per heavy atom. The second-order valence-corrected chi connectivity index (χ2v) is 5.49. The number of carbonyl (C=O) groups is 2. The van der Waals surface area contributed by atoms with E-state index in [1.807, 2.05) is 32.0 Å². The van der Waals surface area contributed by atoms with Crippen LogP contribution in [0, 0.1) is 13.8 Å². The van der Waals surface area contributed by atoms with Gasteiger partial charge in [-0.25, -0.2) is 4.79 Å². The Morgan fingerprint density at radius 1 is 1.33 bits per heavy atom. The van der Waals surface area contributed by atoms with Gasteiger partial charge in [0, 0.05) is 6.54 Å². The lowest BCUT2D eigenvalue weighted by atomic mass is 10.0. The van der Waals surface area contributed by atoms with Gasteiger partial charge in [-0.1, -0.05) is 12.1 Å². The number of rotatable bonds is 4. The standard InChI is InChI=1S/C16H21NO4/c1-11-6-7-12(2)14(9-11)21-10-15(18)17-8-4-3-5-13(17)16(19)20/h6-7,9,13H,3-5,8,10H2,1-2H3,(H,19,20)/t13-/m0/s1. The number of carboxylic acids is 1. The van der Waals surface area contributed by atoms with Crippen LogP contribution in [0.15, 0.2) is 18.2 Å². The van der Waals surface area contributed by atoms with Crippen LogP contribution in [0.5, 0.6) is 5.75 Å². The second kappa shape index (κ2) is 6.61. The molecule has 0 radical (unpaired) electrons. The molecular formula is C16H21NO4. The van der Waals surface area contributed by atoms with Crippen LogP contribution in [-0.2, 0) is 9.59 Å². The first-order chi connectivity index (χ1) is 9.99. The van der Waals surface area contributed by atoms with Gasteiger partial charge in [-0.2, -0.15) is 0 Å². The van der Waals surface area contributed by atoms with Gasteiger partial charge in [0.05, 0.1) is 0 Å². The van der Waals surface area contributed by atoms with E-state index in [-0.39, 0.29) is 12.5 Å². The Balaban J connectivity index is 2.00. The molecule has 1 amide bonds. The normalized spacial score (nSPS) is 18.4. The molecule has 1 N–H and O–H groups in total. The van der Waals surface area contributed by atoms with Crippen LogP contribution in [0.25, 0.3) is 0 Å². The van der Waals surface area contributed by atoms with E-state index in [2.05, 4.69) is 0 Å². The summed E-state index contributed by atoms with van der Waals surface area (Å²) in [5.74, 6) is -0.523. The topological polar surface area (TPSA) is 66.8 Å². The number of aliphatic carboxylic acids is 1. The first-order valence-corrected chi connectivity index (χ1v) is 7.21. The van der Waals surface area contributed by atoms with Crippen molar-refractivity contribution in [2.75, 3.05) is 13.2 Å². The lowest BCUT2D eigenvalue weighted by Gasteiger charge is -2.32. The summed E-state index contributed by atoms with van der Waals surface area (Å²) in [5.41, 5.74) is 2.02. The molecule has 1 fully saturated rings. The number of hydrogen-bond donors (Lipinski definition) is 1. The molecule has 21 heavy (non-hydrogen) atoms. The summed E-state index contributed by atoms with van der Waals surface area (Å²) < 4.78 is 5.58. The summed E-state index contributed by atoms with van der Waals surface area (Å²) in [4.78, 5) is 24.9. The van der Waals surface area contributed by atoms with Crippen molar-refractivity contribution in [2.24, 2.45) is 0 Å². The van der Waals surface area contributed by atoms with E-state index in [0.29, 0.717) is 18.7 Å². The first kappa shape index (κ1) is 15.4. The van der Waals surface area contributed by atoms with Crippen LogP contribution < -0.4 is 4.74 Å². The Hall–Kier alpha value is -2.04. The molecule has 114 valence electrons. The van der Waals surface area contributed by atoms with Gasteiger partial charge in [-0.15, -0.1) is 0 Å². The summed E-state index contributed by atoms with van der Waals surface area (Å²) in [6.07, 6.45) is 2.21. The highest BCUT2D eigenvalue weighted by molar-refractivity contribution is 5.84. The van der Waals surface area contributed by atoms with E-state index in [9.17, 15) is 14.7 Å². The average molecular weight is 291 g/mol. The zero-order valence-corrected chi connectivity index (χ0v) is 12.5. The summed E-state index contributed by atoms with van der Waals surface area (Å²) in [5, 5.41) is 9.19. The van der Waals surface area contributed by atoms with E-state index < -0.39 is 12.0 Å². The Bertz CT molecular complexity index is 541. The molecule has 2 rings (SSSR count). The Kier molecular flexibility index (Phi) is 4.83. The predicted molar refractivity (Wildman–Crippen MR) is 78.4 cm³/mol. The molecule has 1 aliphatic rings. The molecule has 5 heteroatoms. The zero-order valence-electron chi connectivity index (χ0n) is 12.5. The minimum absolute atomic E-state index is 0.117. The van der Waals surface area contributed by atoms with Crippen molar-refractivity contribution < 1.29 is 19.4 Å². The number of hydrogen-bond acceptors (Lipinski definition) is 3. The van der Waals surface area contributed by atoms with Gasteiger partial charge in [0.1, 0.15) is 11.8 Å². The van der Waals surface area contributed by atoms with Gasteiger partial charge >= 0.3 is 5.97 Å². The van der Waals surface area contributed by atoms with Gasteiger partial charge in [-0.3, -0.25) is 4.79 Å². The molecule has 1 aromatic rings. The molecular weight excluding hydrogens is 270 g/mol. The fourth-order valence-electron chi connectivity index (χ4n) is 2.57. The molecule has 0 spiro atoms. The monoisotopic (exact) mass is 291 g/mol. The third-order valence-electron chi connectivity index (χ3n) is 3.80. The minimum Gasteiger partial charge on any atom is -0.483 e. The predicted octanol–water partition coefficient (Wildman–Crippen LogP) is 2.15. The zero-order chi connectivity index (χ0) is 15.4. The number of benzene rings is 1. The van der Waals surface area contributed by atoms with Crippen molar-refractivity contribution in [3.05, 3.63) is 29.3 Å². The fraction of sp³-hybridized carbons (Fsp3) is 0.500. The summed E-state index contributed by atoms with van der Waals surface area (Å²) in [6, 6.07) is 5.09. The molecule has 1 heterocycles. The van der Waals surface area contributed by atoms with E-state index >= 15 is 0 Å². The van der Waals surface area contributed by atoms with Crippen molar-refractivity contribution in [1.29, 1.82) is 0 Å². The highest BCUT2D eigenvalue weighted by Gasteiger charge is 2.31. The number of amides is 1. The van der Waals surface area contributed by atoms with Crippen molar-refractivity contribution >= 4 is 11.9 Å². The lowest BCUT2D eigenvalue weighted by Crippen LogP contribution is -2.49. The molecule has 0 unspecified atom stereocenters. The number of piperidine rings is 1. The van der Waals surface area contributed by atoms with Gasteiger partial charge in [0.25, 0.3) is 5.91 Å². The average Bonchev–Trinajstić information content (AvgIpc) is 2.47. The number of aryl methyl sites for hydroxylation is 2. The second-order valence-electron chi connectivity index (χ2n) is 5.49. The Morgan fingerprint density at radius 2 is 2.10 bits per heavy atom. The molecule has 0 aromatic heterocycles. The number of ether oxygens (including phenoxy) is 1. The van der Waals surface area contributed by atoms with Crippen LogP contribution in [0.2, 0.25) is 0 Å². The van der Waals surface area contributed by atoms with Crippen molar-refractivity contribution in [1.82, 2.24) is 4.90 Å². The van der Waals surface area contributed by atoms with Crippen LogP contribution in [0.3, 0.4) is 0 Å². The molecule has 0 saturated carbocycles. The van der Waals surface area contributed by atoms with Gasteiger partial charge < -0.3 is 14.7 Å². The maximum atomic E-state index is 12.2. The van der Waals surface area contributed by atoms with Gasteiger partial charge in [0.2, 0.25) is 0 Å². The maximum Gasteiger partial charge on any atom is 0.326 e. The van der Waals surface area contributed by atoms with Gasteiger partial charge in [-0.05, 0) is 50.3 Å². The smallest absolute Gasteiger partial charge is 0.326 e. The first-order valence-electron chi connectivity index (χ1n) is 7.21. The van der Waals surface area contributed by atoms with Crippen LogP contribution >= 0.6 is 0 Å². The molecule has 1 aromatic carbocycles. The van der Waals surface area contributed by atoms with Gasteiger partial charge in [0.15, 0.2) is 6.61 Å². The summed E-state index contributed by atoms with van der Waals surface area (Å²) >= 11 is 0. The fourth-order valence-corrected chi connectivity index (χ4v) is 2.57. The van der Waals surface area contributed by atoms with Crippen molar-refractivity contribution in [2.45, 2.75) is 39.2 Å². The lowest BCUT2D eigenvalue weighted by molar-refractivity contribution is -0.152. The van der Waals surface area contributed by atoms with Crippen molar-refractivity contribution in [3.8, 4) is 5.75 Å². The van der Waals surface area contributed by atoms with Crippen LogP contribution in [0.4, 0.5) is 0 Å². The Labute approximate surface area is 124 Å². The highest BCUT2D eigenvalue weighted by atomic mass is 16.5. The quantitative estimate of drug-likeness (QED) is 0.923. The largest absolute Gasteiger partial charge is 0.483 e. The van der Waals surface area contributed by atoms with Crippen LogP contribution in [-0.4, -0.2) is 41.1 Å². The number of likely N-dealkylation sites (tertiary alicyclic amines) is 1. The highest BCUT2D eigenvalue weighted by Crippen LogP contribution is 2.21. The van der Waals surface area contributed by atoms with Crippen LogP contribution in [0.1, 0.15) is 30.4 Å². The summed E-state index contributed by atoms with van der Waals surface area (Å²) in [6.45, 7) is 4.25. The van der Waals surface area contributed by atoms with E-state index in [0.717, 1.165) is 24.0 Å². The number of carbonyl (C=O) groups excluding carboxylic acids is 1. The minimum atomic E-state index is -0.935. The molecule has 1 aliphatic heterocycles. The number of carboxylic acid groups (broad SMARTS) is 1. The third-order valence-corrected chi connectivity index (χ3v) is 3.80. The number of nitrogens with zero attached hydrogens (tertiary/aromatic N) is 1. The van der Waals surface area contributed by atoms with E-state index in [1.165, 1.54) is 4.90 Å². The van der Waals surface area contributed by atoms with Crippen molar-refractivity contribution in [3.63, 3.8) is 0 Å². The SMILES string of the molecule is Cc1ccc(C)c(OCC(=O)N2CCCC[C@H]2C(=O)O)c1. The maximum absolute atomic E-state index is 12.2. The third kappa shape index (κ3) is 3.74. The molecule has 0 bridgehead atoms. The molecule has 0 aliphatic carbocycles. The molecule has 1 atom stereocenters. The van der Waals surface area contributed by atoms with E-state index in [1.54, 1.807) is 0 Å². The van der Waals surface area contributed by atoms with E-state index in [4.69, 9.17) is 4.74 Å².